The molecule has 0 aliphatic heterocycles. The minimum Gasteiger partial charge on any atom is -0.369 e. The summed E-state index contributed by atoms with van der Waals surface area (Å²) in [6.07, 6.45) is 0. The number of halogens is 1. The zero-order valence-electron chi connectivity index (χ0n) is 11.8. The van der Waals surface area contributed by atoms with Crippen molar-refractivity contribution < 1.29 is 0 Å². The summed E-state index contributed by atoms with van der Waals surface area (Å²) in [7, 11) is 0. The molecule has 0 amide bonds. The first-order valence-corrected chi connectivity index (χ1v) is 5.77. The summed E-state index contributed by atoms with van der Waals surface area (Å²) >= 11 is 0. The molecule has 0 fully saturated rings. The molecule has 0 unspecified atom stereocenters. The lowest BCUT2D eigenvalue weighted by molar-refractivity contribution is 1.19. The second-order valence-electron chi connectivity index (χ2n) is 4.00. The highest BCUT2D eigenvalue weighted by molar-refractivity contribution is 6.02. The summed E-state index contributed by atoms with van der Waals surface area (Å²) in [5.41, 5.74) is 24.0. The van der Waals surface area contributed by atoms with Crippen molar-refractivity contribution in [1.29, 1.82) is 0 Å². The predicted octanol–water partition coefficient (Wildman–Crippen LogP) is 0.103. The largest absolute Gasteiger partial charge is 0.369 e. The molecule has 21 heavy (non-hydrogen) atoms. The number of nitrogens with zero attached hydrogens (tertiary/aromatic N) is 4. The van der Waals surface area contributed by atoms with Gasteiger partial charge in [-0.1, -0.05) is 24.3 Å². The zero-order chi connectivity index (χ0) is 15.1. The molecule has 0 saturated carbocycles. The van der Waals surface area contributed by atoms with E-state index in [-0.39, 0.29) is 24.3 Å². The number of nitrogens with two attached hydrogens (primary N) is 4. The first-order valence-electron chi connectivity index (χ1n) is 5.77. The Morgan fingerprint density at radius 1 is 0.667 bits per heavy atom. The van der Waals surface area contributed by atoms with Gasteiger partial charge in [-0.05, 0) is 25.0 Å². The van der Waals surface area contributed by atoms with Gasteiger partial charge in [0.1, 0.15) is 0 Å². The van der Waals surface area contributed by atoms with Gasteiger partial charge in [0.2, 0.25) is 11.9 Å². The smallest absolute Gasteiger partial charge is 0.211 e. The summed E-state index contributed by atoms with van der Waals surface area (Å²) in [5.74, 6) is -0.164. The highest BCUT2D eigenvalue weighted by Crippen LogP contribution is 2.07. The molecule has 0 aliphatic rings. The van der Waals surface area contributed by atoms with Crippen molar-refractivity contribution in [2.45, 2.75) is 13.8 Å². The molecule has 114 valence electrons. The van der Waals surface area contributed by atoms with E-state index in [0.717, 1.165) is 11.1 Å². The Balaban J connectivity index is 0.00000400. The number of hydrogen-bond acceptors (Lipinski definition) is 4. The topological polar surface area (TPSA) is 154 Å². The maximum Gasteiger partial charge on any atom is 0.211 e. The minimum absolute atomic E-state index is 0. The molecular formula is C12H19ClN8. The Hall–Kier alpha value is -2.61. The molecule has 0 heterocycles. The molecule has 0 atom stereocenters. The average molecular weight is 311 g/mol. The SMILES string of the molecule is C/C(=N/N=C(N)N)c1ccc(/C(C)=N/N=C(N)N)cc1.Cl. The van der Waals surface area contributed by atoms with Crippen molar-refractivity contribution in [2.24, 2.45) is 43.3 Å². The van der Waals surface area contributed by atoms with Crippen LogP contribution in [0.15, 0.2) is 44.7 Å². The molecule has 0 radical (unpaired) electrons. The van der Waals surface area contributed by atoms with Crippen LogP contribution < -0.4 is 22.9 Å². The van der Waals surface area contributed by atoms with Crippen LogP contribution in [-0.4, -0.2) is 23.3 Å². The van der Waals surface area contributed by atoms with Crippen LogP contribution in [0.25, 0.3) is 0 Å². The fourth-order valence-electron chi connectivity index (χ4n) is 1.33. The Labute approximate surface area is 129 Å². The molecule has 0 spiro atoms. The van der Waals surface area contributed by atoms with E-state index >= 15 is 0 Å². The molecule has 1 rings (SSSR count). The van der Waals surface area contributed by atoms with Crippen molar-refractivity contribution >= 4 is 35.7 Å². The summed E-state index contributed by atoms with van der Waals surface area (Å²) in [6.45, 7) is 3.61. The van der Waals surface area contributed by atoms with Crippen LogP contribution in [0.1, 0.15) is 25.0 Å². The van der Waals surface area contributed by atoms with E-state index in [0.29, 0.717) is 11.4 Å². The van der Waals surface area contributed by atoms with Gasteiger partial charge in [-0.15, -0.1) is 22.6 Å². The number of rotatable bonds is 4. The van der Waals surface area contributed by atoms with Crippen LogP contribution in [0.5, 0.6) is 0 Å². The summed E-state index contributed by atoms with van der Waals surface area (Å²) in [4.78, 5) is 0. The van der Waals surface area contributed by atoms with E-state index in [9.17, 15) is 0 Å². The van der Waals surface area contributed by atoms with Crippen LogP contribution in [0.2, 0.25) is 0 Å². The molecule has 0 aliphatic carbocycles. The minimum atomic E-state index is -0.0822. The Kier molecular flexibility index (Phi) is 7.48. The molecule has 0 bridgehead atoms. The monoisotopic (exact) mass is 310 g/mol. The maximum atomic E-state index is 5.21. The van der Waals surface area contributed by atoms with Gasteiger partial charge >= 0.3 is 0 Å². The average Bonchev–Trinajstić information content (AvgIpc) is 2.42. The van der Waals surface area contributed by atoms with Gasteiger partial charge in [-0.3, -0.25) is 0 Å². The molecule has 9 heteroatoms. The highest BCUT2D eigenvalue weighted by Gasteiger charge is 2.00. The van der Waals surface area contributed by atoms with Gasteiger partial charge in [0.05, 0.1) is 11.4 Å². The normalized spacial score (nSPS) is 11.3. The fourth-order valence-corrected chi connectivity index (χ4v) is 1.33. The predicted molar refractivity (Wildman–Crippen MR) is 89.7 cm³/mol. The highest BCUT2D eigenvalue weighted by atomic mass is 35.5. The Morgan fingerprint density at radius 3 is 1.19 bits per heavy atom. The zero-order valence-corrected chi connectivity index (χ0v) is 12.6. The second kappa shape index (κ2) is 8.54. The van der Waals surface area contributed by atoms with Crippen LogP contribution in [0.3, 0.4) is 0 Å². The van der Waals surface area contributed by atoms with E-state index in [1.165, 1.54) is 0 Å². The van der Waals surface area contributed by atoms with E-state index in [1.54, 1.807) is 0 Å². The number of benzene rings is 1. The van der Waals surface area contributed by atoms with Crippen LogP contribution >= 0.6 is 12.4 Å². The first kappa shape index (κ1) is 18.4. The Morgan fingerprint density at radius 2 is 0.952 bits per heavy atom. The molecule has 8 nitrogen and oxygen atoms in total. The third kappa shape index (κ3) is 6.39. The van der Waals surface area contributed by atoms with Crippen molar-refractivity contribution in [3.63, 3.8) is 0 Å². The lowest BCUT2D eigenvalue weighted by Crippen LogP contribution is -2.22. The number of guanidine groups is 2. The molecule has 0 aromatic heterocycles. The third-order valence-corrected chi connectivity index (χ3v) is 2.35. The summed E-state index contributed by atoms with van der Waals surface area (Å²) < 4.78 is 0. The van der Waals surface area contributed by atoms with Crippen molar-refractivity contribution in [1.82, 2.24) is 0 Å². The molecule has 8 N–H and O–H groups in total. The molecule has 1 aromatic rings. The maximum absolute atomic E-state index is 5.21. The van der Waals surface area contributed by atoms with Crippen molar-refractivity contribution in [3.05, 3.63) is 35.4 Å². The van der Waals surface area contributed by atoms with Gasteiger partial charge in [0.15, 0.2) is 0 Å². The van der Waals surface area contributed by atoms with Crippen LogP contribution in [0.4, 0.5) is 0 Å². The van der Waals surface area contributed by atoms with Gasteiger partial charge in [-0.25, -0.2) is 0 Å². The van der Waals surface area contributed by atoms with Gasteiger partial charge < -0.3 is 22.9 Å². The molecular weight excluding hydrogens is 292 g/mol. The van der Waals surface area contributed by atoms with Crippen LogP contribution in [0, 0.1) is 0 Å². The molecule has 0 saturated heterocycles. The second-order valence-corrected chi connectivity index (χ2v) is 4.00. The van der Waals surface area contributed by atoms with Gasteiger partial charge in [0, 0.05) is 0 Å². The van der Waals surface area contributed by atoms with Gasteiger partial charge in [0.25, 0.3) is 0 Å². The van der Waals surface area contributed by atoms with Crippen LogP contribution in [-0.2, 0) is 0 Å². The van der Waals surface area contributed by atoms with Gasteiger partial charge in [-0.2, -0.15) is 10.2 Å². The molecule has 1 aromatic carbocycles. The van der Waals surface area contributed by atoms with E-state index < -0.39 is 0 Å². The lowest BCUT2D eigenvalue weighted by Gasteiger charge is -2.02. The lowest BCUT2D eigenvalue weighted by atomic mass is 10.1. The standard InChI is InChI=1S/C12H18N8.ClH/c1-7(17-19-11(13)14)9-3-5-10(6-4-9)8(2)18-20-12(15)16;/h3-6H,1-2H3,(H4,13,14,19)(H4,15,16,20);1H/b17-7-,18-8+;. The third-order valence-electron chi connectivity index (χ3n) is 2.35. The quantitative estimate of drug-likeness (QED) is 0.354. The van der Waals surface area contributed by atoms with Crippen molar-refractivity contribution in [3.8, 4) is 0 Å². The van der Waals surface area contributed by atoms with E-state index in [1.807, 2.05) is 38.1 Å². The van der Waals surface area contributed by atoms with E-state index in [4.69, 9.17) is 22.9 Å². The summed E-state index contributed by atoms with van der Waals surface area (Å²) in [5, 5.41) is 15.0. The van der Waals surface area contributed by atoms with Crippen molar-refractivity contribution in [2.75, 3.05) is 0 Å². The Bertz CT molecular complexity index is 525. The summed E-state index contributed by atoms with van der Waals surface area (Å²) in [6, 6.07) is 7.52. The van der Waals surface area contributed by atoms with E-state index in [2.05, 4.69) is 20.4 Å². The number of hydrogen-bond donors (Lipinski definition) is 4. The fraction of sp³-hybridized carbons (Fsp3) is 0.167. The first-order chi connectivity index (χ1) is 9.40.